The van der Waals surface area contributed by atoms with E-state index in [1.54, 1.807) is 0 Å². The van der Waals surface area contributed by atoms with Crippen LogP contribution in [0.5, 0.6) is 0 Å². The van der Waals surface area contributed by atoms with E-state index in [9.17, 15) is 0 Å². The molecule has 0 saturated carbocycles. The van der Waals surface area contributed by atoms with Gasteiger partial charge in [0, 0.05) is 6.04 Å². The lowest BCUT2D eigenvalue weighted by atomic mass is 9.86. The van der Waals surface area contributed by atoms with Gasteiger partial charge in [-0.25, -0.2) is 0 Å². The summed E-state index contributed by atoms with van der Waals surface area (Å²) in [6, 6.07) is 9.28. The number of nitrogens with two attached hydrogens (primary N) is 1. The molecule has 0 amide bonds. The normalized spacial score (nSPS) is 13.6. The van der Waals surface area contributed by atoms with Crippen molar-refractivity contribution in [2.45, 2.75) is 71.3 Å². The van der Waals surface area contributed by atoms with Gasteiger partial charge >= 0.3 is 0 Å². The molecule has 1 unspecified atom stereocenters. The Bertz CT molecular complexity index is 332. The monoisotopic (exact) mass is 247 g/mol. The third-order valence-corrected chi connectivity index (χ3v) is 3.50. The van der Waals surface area contributed by atoms with Crippen molar-refractivity contribution >= 4 is 0 Å². The Morgan fingerprint density at radius 2 is 1.67 bits per heavy atom. The third-order valence-electron chi connectivity index (χ3n) is 3.50. The van der Waals surface area contributed by atoms with Crippen LogP contribution in [0.2, 0.25) is 0 Å². The summed E-state index contributed by atoms with van der Waals surface area (Å²) in [5, 5.41) is 0. The van der Waals surface area contributed by atoms with E-state index in [0.29, 0.717) is 6.04 Å². The molecule has 0 spiro atoms. The van der Waals surface area contributed by atoms with Crippen LogP contribution in [0.1, 0.15) is 64.5 Å². The zero-order valence-corrected chi connectivity index (χ0v) is 12.5. The van der Waals surface area contributed by atoms with Gasteiger partial charge in [0.2, 0.25) is 0 Å². The van der Waals surface area contributed by atoms with Gasteiger partial charge in [-0.15, -0.1) is 0 Å². The molecule has 0 aromatic heterocycles. The van der Waals surface area contributed by atoms with E-state index in [0.717, 1.165) is 12.8 Å². The first-order valence-corrected chi connectivity index (χ1v) is 7.28. The van der Waals surface area contributed by atoms with Crippen molar-refractivity contribution in [3.05, 3.63) is 35.4 Å². The van der Waals surface area contributed by atoms with Crippen LogP contribution in [0.4, 0.5) is 0 Å². The van der Waals surface area contributed by atoms with E-state index in [2.05, 4.69) is 52.0 Å². The van der Waals surface area contributed by atoms with Crippen LogP contribution in [0, 0.1) is 0 Å². The number of benzene rings is 1. The molecule has 0 saturated heterocycles. The number of unbranched alkanes of at least 4 members (excludes halogenated alkanes) is 2. The standard InChI is InChI=1S/C17H29N/c1-5-6-7-8-16(18)13-14-9-11-15(12-10-14)17(2,3)4/h9-12,16H,5-8,13,18H2,1-4H3. The second-order valence-electron chi connectivity index (χ2n) is 6.41. The summed E-state index contributed by atoms with van der Waals surface area (Å²) in [5.41, 5.74) is 9.17. The van der Waals surface area contributed by atoms with Crippen LogP contribution in [0.3, 0.4) is 0 Å². The van der Waals surface area contributed by atoms with Gasteiger partial charge in [-0.05, 0) is 29.4 Å². The van der Waals surface area contributed by atoms with Crippen molar-refractivity contribution in [3.63, 3.8) is 0 Å². The smallest absolute Gasteiger partial charge is 0.00793 e. The summed E-state index contributed by atoms with van der Waals surface area (Å²) in [4.78, 5) is 0. The molecule has 1 atom stereocenters. The fraction of sp³-hybridized carbons (Fsp3) is 0.647. The molecule has 18 heavy (non-hydrogen) atoms. The summed E-state index contributed by atoms with van der Waals surface area (Å²) in [6.45, 7) is 8.98. The minimum atomic E-state index is 0.238. The highest BCUT2D eigenvalue weighted by molar-refractivity contribution is 5.27. The van der Waals surface area contributed by atoms with E-state index in [1.165, 1.54) is 30.4 Å². The molecule has 102 valence electrons. The van der Waals surface area contributed by atoms with Crippen LogP contribution in [0.15, 0.2) is 24.3 Å². The highest BCUT2D eigenvalue weighted by Gasteiger charge is 2.13. The maximum Gasteiger partial charge on any atom is 0.00793 e. The third kappa shape index (κ3) is 5.22. The molecule has 0 radical (unpaired) electrons. The molecule has 1 aromatic rings. The maximum atomic E-state index is 6.17. The zero-order chi connectivity index (χ0) is 13.6. The second kappa shape index (κ2) is 6.94. The molecule has 0 aliphatic heterocycles. The molecule has 0 heterocycles. The van der Waals surface area contributed by atoms with E-state index in [1.807, 2.05) is 0 Å². The van der Waals surface area contributed by atoms with E-state index in [4.69, 9.17) is 5.73 Å². The molecule has 2 N–H and O–H groups in total. The largest absolute Gasteiger partial charge is 0.327 e. The van der Waals surface area contributed by atoms with Crippen LogP contribution in [0.25, 0.3) is 0 Å². The van der Waals surface area contributed by atoms with Gasteiger partial charge in [0.25, 0.3) is 0 Å². The first kappa shape index (κ1) is 15.2. The molecule has 0 aliphatic rings. The highest BCUT2D eigenvalue weighted by atomic mass is 14.6. The summed E-state index contributed by atoms with van der Waals surface area (Å²) in [7, 11) is 0. The Balaban J connectivity index is 2.48. The van der Waals surface area contributed by atoms with Crippen molar-refractivity contribution in [1.82, 2.24) is 0 Å². The van der Waals surface area contributed by atoms with Gasteiger partial charge in [0.1, 0.15) is 0 Å². The van der Waals surface area contributed by atoms with Crippen LogP contribution in [-0.4, -0.2) is 6.04 Å². The van der Waals surface area contributed by atoms with Gasteiger partial charge in [-0.3, -0.25) is 0 Å². The minimum absolute atomic E-state index is 0.238. The van der Waals surface area contributed by atoms with Crippen molar-refractivity contribution < 1.29 is 0 Å². The Morgan fingerprint density at radius 3 is 2.17 bits per heavy atom. The lowest BCUT2D eigenvalue weighted by molar-refractivity contribution is 0.556. The van der Waals surface area contributed by atoms with Crippen LogP contribution in [-0.2, 0) is 11.8 Å². The molecule has 1 nitrogen and oxygen atoms in total. The molecule has 1 heteroatoms. The van der Waals surface area contributed by atoms with Crippen molar-refractivity contribution in [1.29, 1.82) is 0 Å². The van der Waals surface area contributed by atoms with Gasteiger partial charge in [0.05, 0.1) is 0 Å². The molecule has 1 rings (SSSR count). The minimum Gasteiger partial charge on any atom is -0.327 e. The average Bonchev–Trinajstić information content (AvgIpc) is 2.29. The summed E-state index contributed by atoms with van der Waals surface area (Å²) < 4.78 is 0. The van der Waals surface area contributed by atoms with E-state index < -0.39 is 0 Å². The molecule has 0 bridgehead atoms. The summed E-state index contributed by atoms with van der Waals surface area (Å²) in [5.74, 6) is 0. The summed E-state index contributed by atoms with van der Waals surface area (Å²) in [6.07, 6.45) is 5.99. The second-order valence-corrected chi connectivity index (χ2v) is 6.41. The molecular formula is C17H29N. The van der Waals surface area contributed by atoms with Gasteiger partial charge in [0.15, 0.2) is 0 Å². The van der Waals surface area contributed by atoms with Crippen LogP contribution < -0.4 is 5.73 Å². The van der Waals surface area contributed by atoms with E-state index >= 15 is 0 Å². The van der Waals surface area contributed by atoms with Gasteiger partial charge in [-0.1, -0.05) is 71.2 Å². The highest BCUT2D eigenvalue weighted by Crippen LogP contribution is 2.22. The molecule has 0 aliphatic carbocycles. The number of hydrogen-bond acceptors (Lipinski definition) is 1. The Morgan fingerprint density at radius 1 is 1.06 bits per heavy atom. The predicted molar refractivity (Wildman–Crippen MR) is 81.0 cm³/mol. The summed E-state index contributed by atoms with van der Waals surface area (Å²) >= 11 is 0. The van der Waals surface area contributed by atoms with Crippen molar-refractivity contribution in [3.8, 4) is 0 Å². The topological polar surface area (TPSA) is 26.0 Å². The Kier molecular flexibility index (Phi) is 5.87. The lowest BCUT2D eigenvalue weighted by Gasteiger charge is -2.19. The SMILES string of the molecule is CCCCCC(N)Cc1ccc(C(C)(C)C)cc1. The molecular weight excluding hydrogens is 218 g/mol. The van der Waals surface area contributed by atoms with Crippen molar-refractivity contribution in [2.24, 2.45) is 5.73 Å². The Hall–Kier alpha value is -0.820. The average molecular weight is 247 g/mol. The number of rotatable bonds is 6. The lowest BCUT2D eigenvalue weighted by Crippen LogP contribution is -2.22. The van der Waals surface area contributed by atoms with Crippen LogP contribution >= 0.6 is 0 Å². The first-order chi connectivity index (χ1) is 8.43. The van der Waals surface area contributed by atoms with Crippen molar-refractivity contribution in [2.75, 3.05) is 0 Å². The zero-order valence-electron chi connectivity index (χ0n) is 12.5. The van der Waals surface area contributed by atoms with Gasteiger partial charge in [-0.2, -0.15) is 0 Å². The van der Waals surface area contributed by atoms with E-state index in [-0.39, 0.29) is 5.41 Å². The first-order valence-electron chi connectivity index (χ1n) is 7.28. The molecule has 1 aromatic carbocycles. The fourth-order valence-corrected chi connectivity index (χ4v) is 2.20. The fourth-order valence-electron chi connectivity index (χ4n) is 2.20. The number of hydrogen-bond donors (Lipinski definition) is 1. The molecule has 0 fully saturated rings. The maximum absolute atomic E-state index is 6.17. The quantitative estimate of drug-likeness (QED) is 0.739. The predicted octanol–water partition coefficient (Wildman–Crippen LogP) is 4.43. The van der Waals surface area contributed by atoms with Gasteiger partial charge < -0.3 is 5.73 Å². The Labute approximate surface area is 113 Å².